The maximum atomic E-state index is 12.2. The highest BCUT2D eigenvalue weighted by molar-refractivity contribution is 5.87. The molecule has 4 aromatic carbocycles. The van der Waals surface area contributed by atoms with Crippen molar-refractivity contribution in [1.82, 2.24) is 0 Å². The minimum atomic E-state index is -4.92. The normalized spacial score (nSPS) is 10.8. The van der Waals surface area contributed by atoms with E-state index in [2.05, 4.69) is 0 Å². The van der Waals surface area contributed by atoms with Crippen LogP contribution in [-0.4, -0.2) is 31.0 Å². The number of aldehydes is 1. The van der Waals surface area contributed by atoms with Gasteiger partial charge in [-0.25, -0.2) is 4.79 Å². The number of methoxy groups -OCH3 is 1. The first-order valence-electron chi connectivity index (χ1n) is 12.4. The van der Waals surface area contributed by atoms with Crippen LogP contribution >= 0.6 is 0 Å². The number of para-hydroxylation sites is 1. The molecule has 0 saturated heterocycles. The van der Waals surface area contributed by atoms with Crippen molar-refractivity contribution >= 4 is 12.3 Å². The third-order valence-corrected chi connectivity index (χ3v) is 5.42. The monoisotopic (exact) mass is 607 g/mol. The number of halogens is 6. The van der Waals surface area contributed by atoms with Gasteiger partial charge in [0.1, 0.15) is 23.5 Å². The number of carbonyl (C=O) groups excluding carboxylic acids is 1. The van der Waals surface area contributed by atoms with Crippen LogP contribution < -0.4 is 15.2 Å². The van der Waals surface area contributed by atoms with Crippen LogP contribution in [0.5, 0.6) is 17.2 Å². The lowest BCUT2D eigenvalue weighted by atomic mass is 10.1. The smallest absolute Gasteiger partial charge is 0.416 e. The molecule has 0 unspecified atom stereocenters. The minimum absolute atomic E-state index is 0.0347. The van der Waals surface area contributed by atoms with Crippen LogP contribution in [0.1, 0.15) is 37.4 Å². The van der Waals surface area contributed by atoms with Gasteiger partial charge < -0.3 is 20.3 Å². The fraction of sp³-hybridized carbons (Fsp3) is 0.161. The topological polar surface area (TPSA) is 98.8 Å². The first kappa shape index (κ1) is 34.4. The lowest BCUT2D eigenvalue weighted by molar-refractivity contribution is -0.143. The molecule has 6 nitrogen and oxygen atoms in total. The maximum Gasteiger partial charge on any atom is 0.416 e. The number of carbonyl (C=O) groups is 2. The molecule has 4 rings (SSSR count). The van der Waals surface area contributed by atoms with Crippen molar-refractivity contribution in [2.24, 2.45) is 5.73 Å². The SMILES string of the molecule is COc1ccc(C(=O)O)cc1.NCCc1ccc(Oc2ccccc2)cc1.O=Cc1cc(C(F)(F)F)cc(C(F)(F)F)c1. The molecule has 3 N–H and O–H groups in total. The van der Waals surface area contributed by atoms with Crippen LogP contribution in [0.25, 0.3) is 0 Å². The number of ether oxygens (including phenoxy) is 2. The van der Waals surface area contributed by atoms with Crippen molar-refractivity contribution < 1.29 is 50.5 Å². The van der Waals surface area contributed by atoms with E-state index < -0.39 is 35.0 Å². The van der Waals surface area contributed by atoms with Gasteiger partial charge in [0.05, 0.1) is 23.8 Å². The minimum Gasteiger partial charge on any atom is -0.497 e. The van der Waals surface area contributed by atoms with Crippen LogP contribution in [0.2, 0.25) is 0 Å². The quantitative estimate of drug-likeness (QED) is 0.164. The Morgan fingerprint density at radius 1 is 0.767 bits per heavy atom. The summed E-state index contributed by atoms with van der Waals surface area (Å²) in [6.07, 6.45) is -8.99. The number of benzene rings is 4. The number of aromatic carboxylic acids is 1. The predicted molar refractivity (Wildman–Crippen MR) is 148 cm³/mol. The fourth-order valence-electron chi connectivity index (χ4n) is 3.30. The number of hydrogen-bond acceptors (Lipinski definition) is 5. The summed E-state index contributed by atoms with van der Waals surface area (Å²) in [6, 6.07) is 24.7. The molecule has 0 aliphatic rings. The highest BCUT2D eigenvalue weighted by Gasteiger charge is 2.36. The second-order valence-corrected chi connectivity index (χ2v) is 8.59. The number of nitrogens with two attached hydrogens (primary N) is 1. The second-order valence-electron chi connectivity index (χ2n) is 8.59. The van der Waals surface area contributed by atoms with Crippen LogP contribution in [-0.2, 0) is 18.8 Å². The molecular weight excluding hydrogens is 580 g/mol. The van der Waals surface area contributed by atoms with Gasteiger partial charge in [-0.3, -0.25) is 4.79 Å². The first-order chi connectivity index (χ1) is 20.3. The Kier molecular flexibility index (Phi) is 12.8. The zero-order valence-electron chi connectivity index (χ0n) is 22.7. The molecule has 0 aromatic heterocycles. The summed E-state index contributed by atoms with van der Waals surface area (Å²) in [4.78, 5) is 20.6. The van der Waals surface area contributed by atoms with E-state index in [0.717, 1.165) is 17.9 Å². The Bertz CT molecular complexity index is 1410. The number of hydrogen-bond donors (Lipinski definition) is 2. The van der Waals surface area contributed by atoms with Crippen LogP contribution in [0, 0.1) is 0 Å². The van der Waals surface area contributed by atoms with Gasteiger partial charge in [0.2, 0.25) is 0 Å². The molecule has 0 aliphatic carbocycles. The van der Waals surface area contributed by atoms with Gasteiger partial charge in [-0.15, -0.1) is 0 Å². The predicted octanol–water partition coefficient (Wildman–Crippen LogP) is 7.91. The Labute approximate surface area is 243 Å². The van der Waals surface area contributed by atoms with Crippen molar-refractivity contribution in [1.29, 1.82) is 0 Å². The van der Waals surface area contributed by atoms with Crippen LogP contribution in [0.3, 0.4) is 0 Å². The molecule has 0 bridgehead atoms. The first-order valence-corrected chi connectivity index (χ1v) is 12.4. The molecule has 0 radical (unpaired) electrons. The van der Waals surface area contributed by atoms with E-state index in [0.29, 0.717) is 24.4 Å². The average Bonchev–Trinajstić information content (AvgIpc) is 2.98. The van der Waals surface area contributed by atoms with E-state index in [1.807, 2.05) is 54.6 Å². The third kappa shape index (κ3) is 11.9. The van der Waals surface area contributed by atoms with E-state index in [9.17, 15) is 35.9 Å². The number of carboxylic acids is 1. The van der Waals surface area contributed by atoms with Gasteiger partial charge in [-0.05, 0) is 85.3 Å². The van der Waals surface area contributed by atoms with E-state index in [1.54, 1.807) is 12.1 Å². The highest BCUT2D eigenvalue weighted by atomic mass is 19.4. The molecule has 0 amide bonds. The summed E-state index contributed by atoms with van der Waals surface area (Å²) in [7, 11) is 1.54. The standard InChI is InChI=1S/C14H15NO.C9H4F6O.C8H8O3/c15-11-10-12-6-8-14(9-7-12)16-13-4-2-1-3-5-13;10-8(11,12)6-1-5(4-16)2-7(3-6)9(13,14)15;1-11-7-4-2-6(3-5-7)8(9)10/h1-9H,10-11,15H2;1-4H;2-5H,1H3,(H,9,10). The van der Waals surface area contributed by atoms with Crippen molar-refractivity contribution in [2.45, 2.75) is 18.8 Å². The Hall–Kier alpha value is -4.84. The lowest BCUT2D eigenvalue weighted by Crippen LogP contribution is -2.11. The Morgan fingerprint density at radius 2 is 1.26 bits per heavy atom. The highest BCUT2D eigenvalue weighted by Crippen LogP contribution is 2.36. The van der Waals surface area contributed by atoms with Gasteiger partial charge in [-0.2, -0.15) is 26.3 Å². The van der Waals surface area contributed by atoms with Gasteiger partial charge in [0.25, 0.3) is 0 Å². The Morgan fingerprint density at radius 3 is 1.67 bits per heavy atom. The summed E-state index contributed by atoms with van der Waals surface area (Å²) < 4.78 is 83.7. The molecule has 0 spiro atoms. The lowest BCUT2D eigenvalue weighted by Gasteiger charge is -2.12. The summed E-state index contributed by atoms with van der Waals surface area (Å²) >= 11 is 0. The van der Waals surface area contributed by atoms with Crippen molar-refractivity contribution in [3.63, 3.8) is 0 Å². The van der Waals surface area contributed by atoms with Gasteiger partial charge in [-0.1, -0.05) is 30.3 Å². The molecule has 228 valence electrons. The zero-order valence-corrected chi connectivity index (χ0v) is 22.7. The van der Waals surface area contributed by atoms with E-state index in [-0.39, 0.29) is 17.9 Å². The van der Waals surface area contributed by atoms with Gasteiger partial charge in [0, 0.05) is 5.56 Å². The van der Waals surface area contributed by atoms with Gasteiger partial charge in [0.15, 0.2) is 0 Å². The molecular formula is C31H27F6NO5. The summed E-state index contributed by atoms with van der Waals surface area (Å²) in [6.45, 7) is 0.679. The molecule has 0 aliphatic heterocycles. The van der Waals surface area contributed by atoms with Gasteiger partial charge >= 0.3 is 18.3 Å². The molecule has 43 heavy (non-hydrogen) atoms. The van der Waals surface area contributed by atoms with E-state index in [1.165, 1.54) is 24.8 Å². The summed E-state index contributed by atoms with van der Waals surface area (Å²) in [5.41, 5.74) is 3.34. The number of carboxylic acid groups (broad SMARTS) is 1. The molecule has 0 atom stereocenters. The largest absolute Gasteiger partial charge is 0.497 e. The van der Waals surface area contributed by atoms with Crippen molar-refractivity contribution in [3.05, 3.63) is 125 Å². The third-order valence-electron chi connectivity index (χ3n) is 5.42. The van der Waals surface area contributed by atoms with E-state index >= 15 is 0 Å². The van der Waals surface area contributed by atoms with E-state index in [4.69, 9.17) is 20.3 Å². The second kappa shape index (κ2) is 16.0. The van der Waals surface area contributed by atoms with Crippen LogP contribution in [0.15, 0.2) is 97.1 Å². The maximum absolute atomic E-state index is 12.2. The fourth-order valence-corrected chi connectivity index (χ4v) is 3.30. The average molecular weight is 608 g/mol. The van der Waals surface area contributed by atoms with Crippen molar-refractivity contribution in [3.8, 4) is 17.2 Å². The molecule has 4 aromatic rings. The molecule has 0 heterocycles. The van der Waals surface area contributed by atoms with Crippen molar-refractivity contribution in [2.75, 3.05) is 13.7 Å². The number of alkyl halides is 6. The molecule has 12 heteroatoms. The molecule has 0 fully saturated rings. The zero-order chi connectivity index (χ0) is 32.0. The summed E-state index contributed by atoms with van der Waals surface area (Å²) in [5.74, 6) is 1.45. The summed E-state index contributed by atoms with van der Waals surface area (Å²) in [5, 5.41) is 8.51. The Balaban J connectivity index is 0.000000230. The molecule has 0 saturated carbocycles. The number of rotatable bonds is 7. The van der Waals surface area contributed by atoms with Crippen LogP contribution in [0.4, 0.5) is 26.3 Å².